The molecule has 0 spiro atoms. The van der Waals surface area contributed by atoms with Gasteiger partial charge in [-0.3, -0.25) is 4.79 Å². The van der Waals surface area contributed by atoms with E-state index < -0.39 is 5.91 Å². The highest BCUT2D eigenvalue weighted by atomic mass is 16.5. The van der Waals surface area contributed by atoms with E-state index in [1.54, 1.807) is 6.07 Å². The number of benzene rings is 1. The van der Waals surface area contributed by atoms with Gasteiger partial charge in [0.1, 0.15) is 11.6 Å². The summed E-state index contributed by atoms with van der Waals surface area (Å²) in [5.41, 5.74) is 8.11. The Morgan fingerprint density at radius 3 is 2.83 bits per heavy atom. The van der Waals surface area contributed by atoms with Gasteiger partial charge in [0, 0.05) is 26.0 Å². The summed E-state index contributed by atoms with van der Waals surface area (Å²) in [6.07, 6.45) is 4.23. The number of rotatable bonds is 10. The number of nitrogens with zero attached hydrogens (tertiary/aromatic N) is 1. The zero-order chi connectivity index (χ0) is 17.8. The number of hydrogen-bond acceptors (Lipinski definition) is 5. The number of unbranched alkanes of at least 4 members (excludes halogenated alkanes) is 1. The van der Waals surface area contributed by atoms with Gasteiger partial charge in [-0.05, 0) is 37.5 Å². The third kappa shape index (κ3) is 7.16. The van der Waals surface area contributed by atoms with Crippen LogP contribution in [0.3, 0.4) is 0 Å². The van der Waals surface area contributed by atoms with Gasteiger partial charge in [0.05, 0.1) is 11.4 Å². The van der Waals surface area contributed by atoms with Crippen molar-refractivity contribution in [3.05, 3.63) is 35.5 Å². The molecule has 0 atom stereocenters. The minimum atomic E-state index is -0.412. The normalized spacial score (nSPS) is 11.0. The van der Waals surface area contributed by atoms with E-state index in [0.29, 0.717) is 30.9 Å². The van der Waals surface area contributed by atoms with Crippen LogP contribution >= 0.6 is 0 Å². The monoisotopic (exact) mass is 330 g/mol. The van der Waals surface area contributed by atoms with Crippen molar-refractivity contribution < 1.29 is 9.53 Å². The minimum absolute atomic E-state index is 0.00260. The lowest BCUT2D eigenvalue weighted by molar-refractivity contribution is -0.117. The summed E-state index contributed by atoms with van der Waals surface area (Å²) in [6.45, 7) is 5.86. The van der Waals surface area contributed by atoms with Gasteiger partial charge >= 0.3 is 0 Å². The molecule has 0 radical (unpaired) electrons. The number of aryl methyl sites for hydroxylation is 1. The average Bonchev–Trinajstić information content (AvgIpc) is 2.57. The molecule has 24 heavy (non-hydrogen) atoms. The molecule has 0 unspecified atom stereocenters. The summed E-state index contributed by atoms with van der Waals surface area (Å²) in [5, 5.41) is 14.7. The zero-order valence-corrected chi connectivity index (χ0v) is 14.4. The van der Waals surface area contributed by atoms with Crippen molar-refractivity contribution >= 4 is 17.3 Å². The Morgan fingerprint density at radius 1 is 1.38 bits per heavy atom. The Labute approximate surface area is 143 Å². The number of anilines is 2. The maximum absolute atomic E-state index is 12.0. The van der Waals surface area contributed by atoms with E-state index >= 15 is 0 Å². The van der Waals surface area contributed by atoms with Crippen LogP contribution in [0.25, 0.3) is 0 Å². The molecule has 0 saturated heterocycles. The number of nitrogens with one attached hydrogen (secondary N) is 2. The van der Waals surface area contributed by atoms with Crippen LogP contribution in [0.15, 0.2) is 30.0 Å². The van der Waals surface area contributed by atoms with Crippen LogP contribution in [-0.4, -0.2) is 25.7 Å². The minimum Gasteiger partial charge on any atom is -0.397 e. The molecule has 1 aromatic rings. The standard InChI is InChI=1S/C18H26N4O2/c1-3-4-9-24-10-5-8-21-18(23)15(12-19)13-22-17-11-14(2)6-7-16(17)20/h6-7,11,13,22H,3-5,8-10,20H2,1-2H3,(H,21,23)/b15-13-. The molecule has 0 aromatic heterocycles. The first-order valence-electron chi connectivity index (χ1n) is 8.17. The molecule has 0 saturated carbocycles. The molecule has 0 aliphatic heterocycles. The quantitative estimate of drug-likeness (QED) is 0.265. The summed E-state index contributed by atoms with van der Waals surface area (Å²) < 4.78 is 5.42. The van der Waals surface area contributed by atoms with Gasteiger partial charge < -0.3 is 21.1 Å². The lowest BCUT2D eigenvalue weighted by Gasteiger charge is -2.08. The summed E-state index contributed by atoms with van der Waals surface area (Å²) in [6, 6.07) is 7.41. The summed E-state index contributed by atoms with van der Waals surface area (Å²) >= 11 is 0. The third-order valence-corrected chi connectivity index (χ3v) is 3.34. The van der Waals surface area contributed by atoms with Crippen molar-refractivity contribution in [2.75, 3.05) is 30.8 Å². The van der Waals surface area contributed by atoms with E-state index in [1.807, 2.05) is 25.1 Å². The fourth-order valence-electron chi connectivity index (χ4n) is 1.91. The molecule has 0 bridgehead atoms. The zero-order valence-electron chi connectivity index (χ0n) is 14.4. The molecule has 1 amide bonds. The van der Waals surface area contributed by atoms with Crippen molar-refractivity contribution in [1.82, 2.24) is 5.32 Å². The highest BCUT2D eigenvalue weighted by Crippen LogP contribution is 2.19. The number of ether oxygens (including phenoxy) is 1. The molecule has 4 N–H and O–H groups in total. The van der Waals surface area contributed by atoms with E-state index in [4.69, 9.17) is 15.7 Å². The van der Waals surface area contributed by atoms with Gasteiger partial charge in [-0.15, -0.1) is 0 Å². The smallest absolute Gasteiger partial charge is 0.263 e. The highest BCUT2D eigenvalue weighted by molar-refractivity contribution is 5.97. The lowest BCUT2D eigenvalue weighted by atomic mass is 10.2. The predicted molar refractivity (Wildman–Crippen MR) is 96.3 cm³/mol. The van der Waals surface area contributed by atoms with E-state index in [9.17, 15) is 4.79 Å². The number of amides is 1. The number of nitriles is 1. The number of nitrogens with two attached hydrogens (primary N) is 1. The van der Waals surface area contributed by atoms with E-state index in [0.717, 1.165) is 25.0 Å². The molecule has 130 valence electrons. The fourth-order valence-corrected chi connectivity index (χ4v) is 1.91. The second-order valence-corrected chi connectivity index (χ2v) is 5.48. The van der Waals surface area contributed by atoms with Gasteiger partial charge in [-0.1, -0.05) is 19.4 Å². The van der Waals surface area contributed by atoms with Gasteiger partial charge in [0.2, 0.25) is 0 Å². The lowest BCUT2D eigenvalue weighted by Crippen LogP contribution is -2.26. The molecule has 0 fully saturated rings. The summed E-state index contributed by atoms with van der Waals surface area (Å²) in [4.78, 5) is 12.0. The predicted octanol–water partition coefficient (Wildman–Crippen LogP) is 2.72. The molecule has 1 aromatic carbocycles. The number of hydrogen-bond donors (Lipinski definition) is 3. The molecule has 6 nitrogen and oxygen atoms in total. The van der Waals surface area contributed by atoms with Crippen LogP contribution < -0.4 is 16.4 Å². The molecule has 6 heteroatoms. The van der Waals surface area contributed by atoms with Gasteiger partial charge in [0.15, 0.2) is 0 Å². The molecule has 1 rings (SSSR count). The van der Waals surface area contributed by atoms with E-state index in [-0.39, 0.29) is 5.57 Å². The first-order valence-corrected chi connectivity index (χ1v) is 8.17. The van der Waals surface area contributed by atoms with Crippen molar-refractivity contribution in [3.8, 4) is 6.07 Å². The van der Waals surface area contributed by atoms with E-state index in [2.05, 4.69) is 17.6 Å². The fraction of sp³-hybridized carbons (Fsp3) is 0.444. The van der Waals surface area contributed by atoms with Crippen LogP contribution in [0.2, 0.25) is 0 Å². The molecule has 0 aliphatic carbocycles. The summed E-state index contributed by atoms with van der Waals surface area (Å²) in [7, 11) is 0. The molecule has 0 aliphatic rings. The van der Waals surface area contributed by atoms with Crippen molar-refractivity contribution in [2.45, 2.75) is 33.1 Å². The van der Waals surface area contributed by atoms with Crippen LogP contribution in [0.1, 0.15) is 31.7 Å². The Bertz CT molecular complexity index is 606. The second kappa shape index (κ2) is 11.1. The first kappa shape index (κ1) is 19.5. The van der Waals surface area contributed by atoms with Gasteiger partial charge in [0.25, 0.3) is 5.91 Å². The maximum Gasteiger partial charge on any atom is 0.263 e. The largest absolute Gasteiger partial charge is 0.397 e. The van der Waals surface area contributed by atoms with Crippen LogP contribution in [0, 0.1) is 18.3 Å². The summed E-state index contributed by atoms with van der Waals surface area (Å²) in [5.74, 6) is -0.412. The van der Waals surface area contributed by atoms with Crippen molar-refractivity contribution in [2.24, 2.45) is 0 Å². The Morgan fingerprint density at radius 2 is 2.12 bits per heavy atom. The van der Waals surface area contributed by atoms with Crippen LogP contribution in [0.5, 0.6) is 0 Å². The Kier molecular flexibility index (Phi) is 9.02. The molecular weight excluding hydrogens is 304 g/mol. The Hall–Kier alpha value is -2.52. The average molecular weight is 330 g/mol. The molecule has 0 heterocycles. The Balaban J connectivity index is 2.43. The SMILES string of the molecule is CCCCOCCCNC(=O)/C(C#N)=C\Nc1cc(C)ccc1N. The number of nitrogen functional groups attached to an aromatic ring is 1. The van der Waals surface area contributed by atoms with Crippen molar-refractivity contribution in [1.29, 1.82) is 5.26 Å². The van der Waals surface area contributed by atoms with Crippen LogP contribution in [0.4, 0.5) is 11.4 Å². The van der Waals surface area contributed by atoms with Crippen molar-refractivity contribution in [3.63, 3.8) is 0 Å². The number of carbonyl (C=O) groups excluding carboxylic acids is 1. The molecular formula is C18H26N4O2. The maximum atomic E-state index is 12.0. The van der Waals surface area contributed by atoms with Crippen LogP contribution in [-0.2, 0) is 9.53 Å². The highest BCUT2D eigenvalue weighted by Gasteiger charge is 2.08. The number of carbonyl (C=O) groups is 1. The topological polar surface area (TPSA) is 100 Å². The first-order chi connectivity index (χ1) is 11.6. The van der Waals surface area contributed by atoms with E-state index in [1.165, 1.54) is 6.20 Å². The van der Waals surface area contributed by atoms with Gasteiger partial charge in [-0.2, -0.15) is 5.26 Å². The second-order valence-electron chi connectivity index (χ2n) is 5.48. The van der Waals surface area contributed by atoms with Gasteiger partial charge in [-0.25, -0.2) is 0 Å². The third-order valence-electron chi connectivity index (χ3n) is 3.34.